The number of nitrogens with one attached hydrogen (secondary N) is 2. The number of fused-ring (bicyclic) bond motifs is 1. The van der Waals surface area contributed by atoms with Crippen LogP contribution in [0.15, 0.2) is 95.9 Å². The molecule has 0 aliphatic rings. The van der Waals surface area contributed by atoms with Crippen molar-refractivity contribution in [2.75, 3.05) is 16.4 Å². The zero-order valence-electron chi connectivity index (χ0n) is 18.7. The van der Waals surface area contributed by atoms with E-state index in [0.29, 0.717) is 17.2 Å². The lowest BCUT2D eigenvalue weighted by atomic mass is 10.0. The fourth-order valence-electron chi connectivity index (χ4n) is 3.49. The van der Waals surface area contributed by atoms with Gasteiger partial charge in [0.05, 0.1) is 5.75 Å². The molecule has 4 aromatic carbocycles. The second kappa shape index (κ2) is 10.4. The van der Waals surface area contributed by atoms with Crippen molar-refractivity contribution in [2.24, 2.45) is 0 Å². The molecule has 0 saturated carbocycles. The molecule has 0 aromatic heterocycles. The first-order valence-corrected chi connectivity index (χ1v) is 11.9. The van der Waals surface area contributed by atoms with E-state index in [1.165, 1.54) is 17.3 Å². The maximum absolute atomic E-state index is 12.7. The third-order valence-electron chi connectivity index (χ3n) is 5.33. The molecule has 0 unspecified atom stereocenters. The minimum Gasteiger partial charge on any atom is -0.325 e. The summed E-state index contributed by atoms with van der Waals surface area (Å²) in [5.74, 6) is 0.515. The zero-order valence-corrected chi connectivity index (χ0v) is 19.5. The molecule has 2 amide bonds. The molecule has 0 aliphatic heterocycles. The molecule has 0 atom stereocenters. The van der Waals surface area contributed by atoms with Crippen LogP contribution in [0.25, 0.3) is 10.8 Å². The third-order valence-corrected chi connectivity index (χ3v) is 6.33. The van der Waals surface area contributed by atoms with Crippen LogP contribution in [0.4, 0.5) is 11.4 Å². The van der Waals surface area contributed by atoms with Gasteiger partial charge in [0.25, 0.3) is 5.91 Å². The molecular formula is C28H26N2O2S. The molecule has 4 nitrogen and oxygen atoms in total. The Balaban J connectivity index is 1.34. The van der Waals surface area contributed by atoms with Gasteiger partial charge in [0.1, 0.15) is 0 Å². The third kappa shape index (κ3) is 6.02. The van der Waals surface area contributed by atoms with Crippen molar-refractivity contribution >= 4 is 45.7 Å². The van der Waals surface area contributed by atoms with Gasteiger partial charge in [0.2, 0.25) is 5.91 Å². The summed E-state index contributed by atoms with van der Waals surface area (Å²) in [5.41, 5.74) is 3.34. The highest BCUT2D eigenvalue weighted by Crippen LogP contribution is 2.23. The quantitative estimate of drug-likeness (QED) is 0.297. The Morgan fingerprint density at radius 3 is 2.27 bits per heavy atom. The van der Waals surface area contributed by atoms with Crippen molar-refractivity contribution in [3.8, 4) is 0 Å². The Morgan fingerprint density at radius 1 is 0.758 bits per heavy atom. The molecule has 4 rings (SSSR count). The Kier molecular flexibility index (Phi) is 7.10. The van der Waals surface area contributed by atoms with Crippen LogP contribution in [0.1, 0.15) is 35.7 Å². The van der Waals surface area contributed by atoms with E-state index in [1.54, 1.807) is 0 Å². The Labute approximate surface area is 198 Å². The minimum absolute atomic E-state index is 0.0668. The highest BCUT2D eigenvalue weighted by Gasteiger charge is 2.09. The molecule has 0 spiro atoms. The van der Waals surface area contributed by atoms with Crippen LogP contribution in [-0.4, -0.2) is 17.6 Å². The normalized spacial score (nSPS) is 10.9. The number of hydrogen-bond acceptors (Lipinski definition) is 3. The van der Waals surface area contributed by atoms with Crippen LogP contribution in [-0.2, 0) is 4.79 Å². The number of rotatable bonds is 7. The predicted molar refractivity (Wildman–Crippen MR) is 138 cm³/mol. The smallest absolute Gasteiger partial charge is 0.255 e. The molecule has 33 heavy (non-hydrogen) atoms. The fourth-order valence-corrected chi connectivity index (χ4v) is 4.25. The highest BCUT2D eigenvalue weighted by molar-refractivity contribution is 8.00. The van der Waals surface area contributed by atoms with Crippen molar-refractivity contribution in [1.29, 1.82) is 0 Å². The first kappa shape index (κ1) is 22.6. The summed E-state index contributed by atoms with van der Waals surface area (Å²) in [7, 11) is 0. The Hall–Kier alpha value is -3.57. The number of carbonyl (C=O) groups excluding carboxylic acids is 2. The summed E-state index contributed by atoms with van der Waals surface area (Å²) >= 11 is 1.43. The van der Waals surface area contributed by atoms with Gasteiger partial charge in [-0.2, -0.15) is 0 Å². The number of thioether (sulfide) groups is 1. The van der Waals surface area contributed by atoms with Gasteiger partial charge in [-0.15, -0.1) is 11.8 Å². The first-order valence-electron chi connectivity index (χ1n) is 10.9. The van der Waals surface area contributed by atoms with E-state index in [9.17, 15) is 9.59 Å². The van der Waals surface area contributed by atoms with Crippen molar-refractivity contribution in [3.63, 3.8) is 0 Å². The van der Waals surface area contributed by atoms with Gasteiger partial charge in [0.15, 0.2) is 0 Å². The van der Waals surface area contributed by atoms with Crippen molar-refractivity contribution in [2.45, 2.75) is 24.7 Å². The molecule has 0 fully saturated rings. The topological polar surface area (TPSA) is 58.2 Å². The van der Waals surface area contributed by atoms with Crippen molar-refractivity contribution in [3.05, 3.63) is 102 Å². The second-order valence-corrected chi connectivity index (χ2v) is 9.21. The monoisotopic (exact) mass is 454 g/mol. The number of benzene rings is 4. The molecule has 5 heteroatoms. The largest absolute Gasteiger partial charge is 0.325 e. The predicted octanol–water partition coefficient (Wildman–Crippen LogP) is 6.95. The standard InChI is InChI=1S/C28H26N2O2S/c1-19(2)20-12-14-24(15-13-20)29-27(31)18-33-26-9-5-8-25(17-26)30-28(32)23-11-10-21-6-3-4-7-22(21)16-23/h3-17,19H,18H2,1-2H3,(H,29,31)(H,30,32). The molecule has 0 saturated heterocycles. The summed E-state index contributed by atoms with van der Waals surface area (Å²) < 4.78 is 0. The number of amides is 2. The fraction of sp³-hybridized carbons (Fsp3) is 0.143. The molecule has 166 valence electrons. The van der Waals surface area contributed by atoms with Gasteiger partial charge in [-0.25, -0.2) is 0 Å². The van der Waals surface area contributed by atoms with Crippen molar-refractivity contribution < 1.29 is 9.59 Å². The molecule has 0 heterocycles. The van der Waals surface area contributed by atoms with Crippen LogP contribution in [0.5, 0.6) is 0 Å². The van der Waals surface area contributed by atoms with E-state index in [4.69, 9.17) is 0 Å². The summed E-state index contributed by atoms with van der Waals surface area (Å²) in [5, 5.41) is 8.01. The van der Waals surface area contributed by atoms with E-state index < -0.39 is 0 Å². The van der Waals surface area contributed by atoms with E-state index in [0.717, 1.165) is 21.4 Å². The maximum Gasteiger partial charge on any atom is 0.255 e. The van der Waals surface area contributed by atoms with Gasteiger partial charge in [-0.3, -0.25) is 9.59 Å². The van der Waals surface area contributed by atoms with Crippen LogP contribution in [0, 0.1) is 0 Å². The Bertz CT molecular complexity index is 1280. The molecule has 2 N–H and O–H groups in total. The second-order valence-electron chi connectivity index (χ2n) is 8.16. The summed E-state index contributed by atoms with van der Waals surface area (Å²) in [6.07, 6.45) is 0. The zero-order chi connectivity index (χ0) is 23.2. The first-order chi connectivity index (χ1) is 16.0. The molecule has 0 bridgehead atoms. The van der Waals surface area contributed by atoms with E-state index >= 15 is 0 Å². The minimum atomic E-state index is -0.162. The number of anilines is 2. The number of hydrogen-bond donors (Lipinski definition) is 2. The van der Waals surface area contributed by atoms with E-state index in [2.05, 4.69) is 24.5 Å². The Morgan fingerprint density at radius 2 is 1.52 bits per heavy atom. The van der Waals surface area contributed by atoms with Crippen LogP contribution in [0.3, 0.4) is 0 Å². The molecule has 4 aromatic rings. The van der Waals surface area contributed by atoms with Crippen LogP contribution < -0.4 is 10.6 Å². The summed E-state index contributed by atoms with van der Waals surface area (Å²) in [6, 6.07) is 29.1. The molecule has 0 aliphatic carbocycles. The average Bonchev–Trinajstić information content (AvgIpc) is 2.83. The van der Waals surface area contributed by atoms with E-state index in [-0.39, 0.29) is 17.6 Å². The van der Waals surface area contributed by atoms with Gasteiger partial charge in [0, 0.05) is 21.8 Å². The van der Waals surface area contributed by atoms with E-state index in [1.807, 2.05) is 91.0 Å². The lowest BCUT2D eigenvalue weighted by molar-refractivity contribution is -0.113. The lowest BCUT2D eigenvalue weighted by Crippen LogP contribution is -2.14. The van der Waals surface area contributed by atoms with Gasteiger partial charge in [-0.1, -0.05) is 62.4 Å². The molecule has 0 radical (unpaired) electrons. The maximum atomic E-state index is 12.7. The lowest BCUT2D eigenvalue weighted by Gasteiger charge is -2.10. The summed E-state index contributed by atoms with van der Waals surface area (Å²) in [6.45, 7) is 4.28. The SMILES string of the molecule is CC(C)c1ccc(NC(=O)CSc2cccc(NC(=O)c3ccc4ccccc4c3)c2)cc1. The van der Waals surface area contributed by atoms with Gasteiger partial charge >= 0.3 is 0 Å². The average molecular weight is 455 g/mol. The van der Waals surface area contributed by atoms with Crippen molar-refractivity contribution in [1.82, 2.24) is 0 Å². The summed E-state index contributed by atoms with van der Waals surface area (Å²) in [4.78, 5) is 26.0. The van der Waals surface area contributed by atoms with Gasteiger partial charge in [-0.05, 0) is 64.7 Å². The number of carbonyl (C=O) groups is 2. The van der Waals surface area contributed by atoms with Gasteiger partial charge < -0.3 is 10.6 Å². The molecular weight excluding hydrogens is 428 g/mol. The van der Waals surface area contributed by atoms with Crippen LogP contribution >= 0.6 is 11.8 Å². The highest BCUT2D eigenvalue weighted by atomic mass is 32.2. The van der Waals surface area contributed by atoms with Crippen LogP contribution in [0.2, 0.25) is 0 Å².